The molecule has 1 aromatic rings. The van der Waals surface area contributed by atoms with Gasteiger partial charge in [-0.2, -0.15) is 0 Å². The number of hydrogen-bond donors (Lipinski definition) is 0. The highest BCUT2D eigenvalue weighted by atomic mass is 79.9. The Morgan fingerprint density at radius 2 is 2.22 bits per heavy atom. The first kappa shape index (κ1) is 13.6. The molecule has 1 heterocycles. The molecule has 1 aliphatic rings. The van der Waals surface area contributed by atoms with Gasteiger partial charge in [-0.05, 0) is 41.4 Å². The molecule has 0 spiro atoms. The zero-order chi connectivity index (χ0) is 13.1. The van der Waals surface area contributed by atoms with Crippen molar-refractivity contribution in [3.05, 3.63) is 34.3 Å². The quantitative estimate of drug-likeness (QED) is 0.840. The van der Waals surface area contributed by atoms with E-state index < -0.39 is 0 Å². The lowest BCUT2D eigenvalue weighted by Crippen LogP contribution is -2.51. The lowest BCUT2D eigenvalue weighted by molar-refractivity contribution is -0.0444. The van der Waals surface area contributed by atoms with Gasteiger partial charge >= 0.3 is 0 Å². The van der Waals surface area contributed by atoms with Crippen LogP contribution in [0.15, 0.2) is 28.7 Å². The van der Waals surface area contributed by atoms with Gasteiger partial charge in [0.25, 0.3) is 5.91 Å². The zero-order valence-corrected chi connectivity index (χ0v) is 12.3. The molecule has 0 N–H and O–H groups in total. The van der Waals surface area contributed by atoms with Crippen LogP contribution in [0.5, 0.6) is 0 Å². The first-order chi connectivity index (χ1) is 8.63. The van der Waals surface area contributed by atoms with E-state index in [4.69, 9.17) is 4.74 Å². The van der Waals surface area contributed by atoms with Crippen LogP contribution in [-0.2, 0) is 4.74 Å². The van der Waals surface area contributed by atoms with Crippen molar-refractivity contribution in [1.29, 1.82) is 0 Å². The summed E-state index contributed by atoms with van der Waals surface area (Å²) in [7, 11) is 0. The van der Waals surface area contributed by atoms with Crippen molar-refractivity contribution in [1.82, 2.24) is 4.90 Å². The highest BCUT2D eigenvalue weighted by Gasteiger charge is 2.30. The monoisotopic (exact) mass is 311 g/mol. The van der Waals surface area contributed by atoms with Gasteiger partial charge in [0.1, 0.15) is 0 Å². The lowest BCUT2D eigenvalue weighted by atomic mass is 10.1. The molecule has 1 fully saturated rings. The van der Waals surface area contributed by atoms with Crippen LogP contribution < -0.4 is 0 Å². The van der Waals surface area contributed by atoms with Gasteiger partial charge in [-0.15, -0.1) is 0 Å². The van der Waals surface area contributed by atoms with Gasteiger partial charge < -0.3 is 9.64 Å². The van der Waals surface area contributed by atoms with E-state index in [0.717, 1.165) is 16.5 Å². The Bertz CT molecular complexity index is 436. The van der Waals surface area contributed by atoms with Gasteiger partial charge in [0, 0.05) is 11.0 Å². The maximum atomic E-state index is 12.6. The Morgan fingerprint density at radius 1 is 1.50 bits per heavy atom. The molecule has 0 saturated carbocycles. The summed E-state index contributed by atoms with van der Waals surface area (Å²) in [5.41, 5.74) is 0.727. The Kier molecular flexibility index (Phi) is 4.40. The van der Waals surface area contributed by atoms with Gasteiger partial charge in [-0.25, -0.2) is 0 Å². The number of benzene rings is 1. The Morgan fingerprint density at radius 3 is 2.89 bits per heavy atom. The van der Waals surface area contributed by atoms with Gasteiger partial charge in [-0.1, -0.05) is 19.1 Å². The van der Waals surface area contributed by atoms with E-state index in [2.05, 4.69) is 22.9 Å². The third kappa shape index (κ3) is 2.75. The topological polar surface area (TPSA) is 29.5 Å². The van der Waals surface area contributed by atoms with E-state index in [1.807, 2.05) is 36.1 Å². The number of rotatable bonds is 2. The molecule has 2 atom stereocenters. The number of carbonyl (C=O) groups is 1. The molecule has 1 amide bonds. The predicted molar refractivity (Wildman–Crippen MR) is 74.7 cm³/mol. The SMILES string of the molecule is CCC1COC(C)CN1C(=O)c1ccccc1Br. The number of hydrogen-bond acceptors (Lipinski definition) is 2. The first-order valence-corrected chi connectivity index (χ1v) is 7.10. The Hall–Kier alpha value is -0.870. The minimum atomic E-state index is 0.0875. The van der Waals surface area contributed by atoms with Crippen molar-refractivity contribution in [3.8, 4) is 0 Å². The molecule has 4 heteroatoms. The summed E-state index contributed by atoms with van der Waals surface area (Å²) >= 11 is 3.44. The highest BCUT2D eigenvalue weighted by Crippen LogP contribution is 2.22. The zero-order valence-electron chi connectivity index (χ0n) is 10.7. The Labute approximate surface area is 116 Å². The van der Waals surface area contributed by atoms with Crippen molar-refractivity contribution in [3.63, 3.8) is 0 Å². The maximum absolute atomic E-state index is 12.6. The number of morpholine rings is 1. The summed E-state index contributed by atoms with van der Waals surface area (Å²) in [6.45, 7) is 5.39. The average Bonchev–Trinajstić information content (AvgIpc) is 2.38. The molecule has 1 aromatic carbocycles. The third-order valence-electron chi connectivity index (χ3n) is 3.30. The summed E-state index contributed by atoms with van der Waals surface area (Å²) < 4.78 is 6.47. The molecule has 0 bridgehead atoms. The van der Waals surface area contributed by atoms with E-state index in [-0.39, 0.29) is 18.1 Å². The number of halogens is 1. The van der Waals surface area contributed by atoms with E-state index in [1.54, 1.807) is 0 Å². The molecular weight excluding hydrogens is 294 g/mol. The van der Waals surface area contributed by atoms with E-state index in [9.17, 15) is 4.79 Å². The van der Waals surface area contributed by atoms with Gasteiger partial charge in [-0.3, -0.25) is 4.79 Å². The molecule has 98 valence electrons. The van der Waals surface area contributed by atoms with Crippen molar-refractivity contribution in [2.75, 3.05) is 13.2 Å². The summed E-state index contributed by atoms with van der Waals surface area (Å²) in [5, 5.41) is 0. The van der Waals surface area contributed by atoms with E-state index >= 15 is 0 Å². The maximum Gasteiger partial charge on any atom is 0.255 e. The van der Waals surface area contributed by atoms with Gasteiger partial charge in [0.15, 0.2) is 0 Å². The fourth-order valence-electron chi connectivity index (χ4n) is 2.22. The van der Waals surface area contributed by atoms with Crippen LogP contribution in [0.1, 0.15) is 30.6 Å². The summed E-state index contributed by atoms with van der Waals surface area (Å²) in [6.07, 6.45) is 1.03. The molecule has 1 saturated heterocycles. The predicted octanol–water partition coefficient (Wildman–Crippen LogP) is 3.09. The standard InChI is InChI=1S/C14H18BrNO2/c1-3-11-9-18-10(2)8-16(11)14(17)12-6-4-5-7-13(12)15/h4-7,10-11H,3,8-9H2,1-2H3. The lowest BCUT2D eigenvalue weighted by Gasteiger charge is -2.38. The highest BCUT2D eigenvalue weighted by molar-refractivity contribution is 9.10. The summed E-state index contributed by atoms with van der Waals surface area (Å²) in [5.74, 6) is 0.0875. The van der Waals surface area contributed by atoms with Gasteiger partial charge in [0.2, 0.25) is 0 Å². The fraction of sp³-hybridized carbons (Fsp3) is 0.500. The number of ether oxygens (including phenoxy) is 1. The van der Waals surface area contributed by atoms with Crippen LogP contribution in [0.4, 0.5) is 0 Å². The first-order valence-electron chi connectivity index (χ1n) is 6.30. The molecule has 0 aliphatic carbocycles. The molecule has 2 unspecified atom stereocenters. The average molecular weight is 312 g/mol. The molecule has 2 rings (SSSR count). The molecule has 0 aromatic heterocycles. The third-order valence-corrected chi connectivity index (χ3v) is 4.00. The smallest absolute Gasteiger partial charge is 0.255 e. The molecule has 18 heavy (non-hydrogen) atoms. The Balaban J connectivity index is 2.23. The van der Waals surface area contributed by atoms with E-state index in [0.29, 0.717) is 13.2 Å². The van der Waals surface area contributed by atoms with Crippen molar-refractivity contribution in [2.45, 2.75) is 32.4 Å². The second-order valence-electron chi connectivity index (χ2n) is 4.64. The van der Waals surface area contributed by atoms with Crippen molar-refractivity contribution < 1.29 is 9.53 Å². The minimum absolute atomic E-state index is 0.0875. The normalized spacial score (nSPS) is 24.1. The molecule has 1 aliphatic heterocycles. The number of carbonyl (C=O) groups excluding carboxylic acids is 1. The summed E-state index contributed by atoms with van der Waals surface area (Å²) in [6, 6.07) is 7.75. The van der Waals surface area contributed by atoms with Crippen molar-refractivity contribution >= 4 is 21.8 Å². The van der Waals surface area contributed by atoms with Crippen LogP contribution >= 0.6 is 15.9 Å². The molecule has 3 nitrogen and oxygen atoms in total. The van der Waals surface area contributed by atoms with Crippen LogP contribution in [0.2, 0.25) is 0 Å². The van der Waals surface area contributed by atoms with E-state index in [1.165, 1.54) is 0 Å². The van der Waals surface area contributed by atoms with Crippen LogP contribution in [0, 0.1) is 0 Å². The molecular formula is C14H18BrNO2. The second-order valence-corrected chi connectivity index (χ2v) is 5.50. The van der Waals surface area contributed by atoms with Crippen LogP contribution in [0.25, 0.3) is 0 Å². The van der Waals surface area contributed by atoms with Gasteiger partial charge in [0.05, 0.1) is 24.3 Å². The van der Waals surface area contributed by atoms with Crippen molar-refractivity contribution in [2.24, 2.45) is 0 Å². The van der Waals surface area contributed by atoms with Crippen LogP contribution in [0.3, 0.4) is 0 Å². The minimum Gasteiger partial charge on any atom is -0.375 e. The van der Waals surface area contributed by atoms with Crippen LogP contribution in [-0.4, -0.2) is 36.1 Å². The number of nitrogens with zero attached hydrogens (tertiary/aromatic N) is 1. The number of amides is 1. The summed E-state index contributed by atoms with van der Waals surface area (Å²) in [4.78, 5) is 14.5. The molecule has 0 radical (unpaired) electrons. The second kappa shape index (κ2) is 5.85. The largest absolute Gasteiger partial charge is 0.375 e. The fourth-order valence-corrected chi connectivity index (χ4v) is 2.67.